The zero-order valence-electron chi connectivity index (χ0n) is 11.9. The maximum absolute atomic E-state index is 11.9. The topological polar surface area (TPSA) is 64.4 Å². The second-order valence-electron chi connectivity index (χ2n) is 4.51. The molecular weight excluding hydrogens is 300 g/mol. The first kappa shape index (κ1) is 14.5. The Bertz CT molecular complexity index is 750. The number of methoxy groups -OCH3 is 1. The van der Waals surface area contributed by atoms with Gasteiger partial charge in [-0.1, -0.05) is 23.9 Å². The van der Waals surface area contributed by atoms with E-state index in [0.29, 0.717) is 5.22 Å². The number of aromatic nitrogens is 1. The van der Waals surface area contributed by atoms with Crippen LogP contribution >= 0.6 is 11.8 Å². The van der Waals surface area contributed by atoms with Gasteiger partial charge in [-0.25, -0.2) is 4.98 Å². The average Bonchev–Trinajstić information content (AvgIpc) is 2.96. The number of carbonyl (C=O) groups is 1. The van der Waals surface area contributed by atoms with Gasteiger partial charge in [0.1, 0.15) is 11.3 Å². The average molecular weight is 314 g/mol. The minimum absolute atomic E-state index is 0.113. The van der Waals surface area contributed by atoms with Crippen LogP contribution in [0.15, 0.2) is 58.2 Å². The van der Waals surface area contributed by atoms with Crippen molar-refractivity contribution in [3.63, 3.8) is 0 Å². The van der Waals surface area contributed by atoms with Crippen molar-refractivity contribution in [2.75, 3.05) is 18.2 Å². The smallest absolute Gasteiger partial charge is 0.257 e. The number of benzene rings is 2. The second kappa shape index (κ2) is 6.53. The van der Waals surface area contributed by atoms with Crippen LogP contribution in [0.1, 0.15) is 0 Å². The molecule has 0 unspecified atom stereocenters. The van der Waals surface area contributed by atoms with Crippen LogP contribution in [0.2, 0.25) is 0 Å². The fraction of sp³-hybridized carbons (Fsp3) is 0.125. The Morgan fingerprint density at radius 1 is 1.23 bits per heavy atom. The second-order valence-corrected chi connectivity index (χ2v) is 5.44. The van der Waals surface area contributed by atoms with E-state index >= 15 is 0 Å². The van der Waals surface area contributed by atoms with E-state index in [2.05, 4.69) is 10.3 Å². The molecule has 112 valence electrons. The van der Waals surface area contributed by atoms with Crippen molar-refractivity contribution in [2.24, 2.45) is 0 Å². The normalized spacial score (nSPS) is 10.6. The lowest BCUT2D eigenvalue weighted by atomic mass is 10.3. The van der Waals surface area contributed by atoms with E-state index in [0.717, 1.165) is 22.5 Å². The maximum Gasteiger partial charge on any atom is 0.257 e. The van der Waals surface area contributed by atoms with Crippen LogP contribution in [0.3, 0.4) is 0 Å². The van der Waals surface area contributed by atoms with Crippen molar-refractivity contribution >= 4 is 34.5 Å². The summed E-state index contributed by atoms with van der Waals surface area (Å²) in [5.74, 6) is 0.870. The van der Waals surface area contributed by atoms with Crippen molar-refractivity contribution in [2.45, 2.75) is 5.22 Å². The van der Waals surface area contributed by atoms with Gasteiger partial charge in [0.2, 0.25) is 5.91 Å². The molecule has 3 rings (SSSR count). The maximum atomic E-state index is 11.9. The lowest BCUT2D eigenvalue weighted by Crippen LogP contribution is -2.13. The zero-order chi connectivity index (χ0) is 15.4. The first-order valence-electron chi connectivity index (χ1n) is 6.67. The van der Waals surface area contributed by atoms with Gasteiger partial charge in [0.15, 0.2) is 5.58 Å². The fourth-order valence-corrected chi connectivity index (χ4v) is 2.55. The molecule has 1 amide bonds. The highest BCUT2D eigenvalue weighted by Crippen LogP contribution is 2.23. The van der Waals surface area contributed by atoms with Crippen LogP contribution < -0.4 is 10.1 Å². The first-order chi connectivity index (χ1) is 10.7. The number of para-hydroxylation sites is 2. The number of fused-ring (bicyclic) bond motifs is 1. The van der Waals surface area contributed by atoms with E-state index in [1.165, 1.54) is 11.8 Å². The lowest BCUT2D eigenvalue weighted by Gasteiger charge is -2.05. The van der Waals surface area contributed by atoms with Gasteiger partial charge in [-0.15, -0.1) is 0 Å². The first-order valence-corrected chi connectivity index (χ1v) is 7.65. The summed E-state index contributed by atoms with van der Waals surface area (Å²) in [5.41, 5.74) is 2.24. The lowest BCUT2D eigenvalue weighted by molar-refractivity contribution is -0.113. The van der Waals surface area contributed by atoms with Crippen LogP contribution in [-0.4, -0.2) is 23.8 Å². The Hall–Kier alpha value is -2.47. The van der Waals surface area contributed by atoms with Crippen LogP contribution in [0, 0.1) is 0 Å². The molecule has 0 spiro atoms. The number of rotatable bonds is 5. The fourth-order valence-electron chi connectivity index (χ4n) is 1.91. The summed E-state index contributed by atoms with van der Waals surface area (Å²) in [6.45, 7) is 0. The molecule has 2 aromatic carbocycles. The minimum atomic E-state index is -0.113. The largest absolute Gasteiger partial charge is 0.497 e. The number of amides is 1. The van der Waals surface area contributed by atoms with Crippen LogP contribution in [0.5, 0.6) is 5.75 Å². The Morgan fingerprint density at radius 3 is 2.73 bits per heavy atom. The molecule has 6 heteroatoms. The summed E-state index contributed by atoms with van der Waals surface area (Å²) in [4.78, 5) is 16.2. The quantitative estimate of drug-likeness (QED) is 0.729. The highest BCUT2D eigenvalue weighted by Gasteiger charge is 2.09. The minimum Gasteiger partial charge on any atom is -0.497 e. The molecule has 0 saturated heterocycles. The van der Waals surface area contributed by atoms with Gasteiger partial charge in [0.05, 0.1) is 12.9 Å². The molecule has 5 nitrogen and oxygen atoms in total. The third-order valence-electron chi connectivity index (χ3n) is 2.97. The summed E-state index contributed by atoms with van der Waals surface area (Å²) in [7, 11) is 1.60. The Balaban J connectivity index is 1.57. The molecule has 0 saturated carbocycles. The highest BCUT2D eigenvalue weighted by atomic mass is 32.2. The standard InChI is InChI=1S/C16H14N2O3S/c1-20-12-8-6-11(7-9-12)17-15(19)10-22-16-18-13-4-2-3-5-14(13)21-16/h2-9H,10H2,1H3,(H,17,19). The monoisotopic (exact) mass is 314 g/mol. The van der Waals surface area contributed by atoms with Gasteiger partial charge in [-0.05, 0) is 36.4 Å². The zero-order valence-corrected chi connectivity index (χ0v) is 12.7. The molecule has 0 aliphatic rings. The van der Waals surface area contributed by atoms with E-state index < -0.39 is 0 Å². The number of ether oxygens (including phenoxy) is 1. The third-order valence-corrected chi connectivity index (χ3v) is 3.80. The van der Waals surface area contributed by atoms with Gasteiger partial charge < -0.3 is 14.5 Å². The van der Waals surface area contributed by atoms with Crippen molar-refractivity contribution in [3.8, 4) is 5.75 Å². The molecule has 0 atom stereocenters. The van der Waals surface area contributed by atoms with Gasteiger partial charge in [0.25, 0.3) is 5.22 Å². The van der Waals surface area contributed by atoms with E-state index in [1.54, 1.807) is 31.4 Å². The summed E-state index contributed by atoms with van der Waals surface area (Å²) in [6, 6.07) is 14.7. The number of hydrogen-bond donors (Lipinski definition) is 1. The van der Waals surface area contributed by atoms with Crippen molar-refractivity contribution in [1.82, 2.24) is 4.98 Å². The number of nitrogens with one attached hydrogen (secondary N) is 1. The summed E-state index contributed by atoms with van der Waals surface area (Å²) in [6.07, 6.45) is 0. The molecule has 0 bridgehead atoms. The van der Waals surface area contributed by atoms with Crippen LogP contribution in [0.25, 0.3) is 11.1 Å². The van der Waals surface area contributed by atoms with Gasteiger partial charge in [0, 0.05) is 5.69 Å². The van der Waals surface area contributed by atoms with E-state index in [4.69, 9.17) is 9.15 Å². The molecule has 1 aromatic heterocycles. The predicted octanol–water partition coefficient (Wildman–Crippen LogP) is 3.57. The molecule has 0 aliphatic carbocycles. The van der Waals surface area contributed by atoms with Crippen LogP contribution in [0.4, 0.5) is 5.69 Å². The number of anilines is 1. The number of nitrogens with zero attached hydrogens (tertiary/aromatic N) is 1. The predicted molar refractivity (Wildman–Crippen MR) is 86.4 cm³/mol. The SMILES string of the molecule is COc1ccc(NC(=O)CSc2nc3ccccc3o2)cc1. The number of thioether (sulfide) groups is 1. The molecule has 0 aliphatic heterocycles. The van der Waals surface area contributed by atoms with Crippen LogP contribution in [-0.2, 0) is 4.79 Å². The van der Waals surface area contributed by atoms with Gasteiger partial charge >= 0.3 is 0 Å². The number of oxazole rings is 1. The Kier molecular flexibility index (Phi) is 4.29. The summed E-state index contributed by atoms with van der Waals surface area (Å²) >= 11 is 1.27. The molecule has 3 aromatic rings. The van der Waals surface area contributed by atoms with Crippen molar-refractivity contribution in [3.05, 3.63) is 48.5 Å². The Labute approximate surface area is 131 Å². The van der Waals surface area contributed by atoms with E-state index in [-0.39, 0.29) is 11.7 Å². The van der Waals surface area contributed by atoms with Crippen molar-refractivity contribution < 1.29 is 13.9 Å². The van der Waals surface area contributed by atoms with E-state index in [9.17, 15) is 4.79 Å². The molecule has 0 radical (unpaired) electrons. The van der Waals surface area contributed by atoms with E-state index in [1.807, 2.05) is 24.3 Å². The summed E-state index contributed by atoms with van der Waals surface area (Å²) < 4.78 is 10.6. The van der Waals surface area contributed by atoms with Gasteiger partial charge in [-0.3, -0.25) is 4.79 Å². The molecule has 1 N–H and O–H groups in total. The molecule has 1 heterocycles. The van der Waals surface area contributed by atoms with Gasteiger partial charge in [-0.2, -0.15) is 0 Å². The molecular formula is C16H14N2O3S. The van der Waals surface area contributed by atoms with Crippen molar-refractivity contribution in [1.29, 1.82) is 0 Å². The summed E-state index contributed by atoms with van der Waals surface area (Å²) in [5, 5.41) is 3.30. The highest BCUT2D eigenvalue weighted by molar-refractivity contribution is 7.99. The molecule has 0 fully saturated rings. The Morgan fingerprint density at radius 2 is 2.00 bits per heavy atom. The third kappa shape index (κ3) is 3.40. The number of hydrogen-bond acceptors (Lipinski definition) is 5. The number of carbonyl (C=O) groups excluding carboxylic acids is 1. The molecule has 22 heavy (non-hydrogen) atoms.